The molecule has 0 radical (unpaired) electrons. The highest BCUT2D eigenvalue weighted by Crippen LogP contribution is 2.30. The van der Waals surface area contributed by atoms with Crippen molar-refractivity contribution in [3.63, 3.8) is 0 Å². The fraction of sp³-hybridized carbons (Fsp3) is 0.231. The minimum atomic E-state index is -0.265. The number of ether oxygens (including phenoxy) is 2. The Morgan fingerprint density at radius 3 is 2.34 bits per heavy atom. The highest BCUT2D eigenvalue weighted by Gasteiger charge is 2.20. The number of aryl methyl sites for hydroxylation is 2. The maximum absolute atomic E-state index is 12.7. The predicted octanol–water partition coefficient (Wildman–Crippen LogP) is 4.60. The Hall–Kier alpha value is -3.80. The number of amides is 1. The van der Waals surface area contributed by atoms with Gasteiger partial charge in [0.05, 0.1) is 20.4 Å². The Balaban J connectivity index is 1.45. The van der Waals surface area contributed by atoms with E-state index in [1.165, 1.54) is 22.3 Å². The van der Waals surface area contributed by atoms with Crippen molar-refractivity contribution in [2.75, 3.05) is 19.1 Å². The molecule has 1 heterocycles. The van der Waals surface area contributed by atoms with Crippen LogP contribution in [0.4, 0.5) is 5.69 Å². The number of nitrogens with zero attached hydrogens (tertiary/aromatic N) is 2. The summed E-state index contributed by atoms with van der Waals surface area (Å²) in [6.07, 6.45) is 1.56. The summed E-state index contributed by atoms with van der Waals surface area (Å²) in [7, 11) is 3.18. The first-order valence-electron chi connectivity index (χ1n) is 10.5. The van der Waals surface area contributed by atoms with Crippen LogP contribution < -0.4 is 19.8 Å². The van der Waals surface area contributed by atoms with Gasteiger partial charge in [0.15, 0.2) is 0 Å². The lowest BCUT2D eigenvalue weighted by Gasteiger charge is -2.18. The van der Waals surface area contributed by atoms with Gasteiger partial charge in [-0.1, -0.05) is 18.2 Å². The molecule has 1 aliphatic heterocycles. The van der Waals surface area contributed by atoms with Gasteiger partial charge in [0.1, 0.15) is 11.5 Å². The topological polar surface area (TPSA) is 63.2 Å². The van der Waals surface area contributed by atoms with Gasteiger partial charge in [-0.2, -0.15) is 5.10 Å². The van der Waals surface area contributed by atoms with E-state index in [1.54, 1.807) is 32.6 Å². The monoisotopic (exact) mass is 429 g/mol. The number of carbonyl (C=O) groups is 1. The highest BCUT2D eigenvalue weighted by molar-refractivity contribution is 5.96. The van der Waals surface area contributed by atoms with Crippen molar-refractivity contribution in [1.82, 2.24) is 5.43 Å². The number of benzene rings is 3. The molecule has 0 atom stereocenters. The normalized spacial score (nSPS) is 12.7. The average Bonchev–Trinajstić information content (AvgIpc) is 3.22. The van der Waals surface area contributed by atoms with Crippen LogP contribution in [-0.4, -0.2) is 26.3 Å². The molecule has 0 unspecified atom stereocenters. The van der Waals surface area contributed by atoms with Crippen molar-refractivity contribution in [2.45, 2.75) is 26.9 Å². The number of methoxy groups -OCH3 is 2. The predicted molar refractivity (Wildman–Crippen MR) is 127 cm³/mol. The number of anilines is 1. The third-order valence-corrected chi connectivity index (χ3v) is 5.82. The summed E-state index contributed by atoms with van der Waals surface area (Å²) >= 11 is 0. The quantitative estimate of drug-likeness (QED) is 0.459. The number of rotatable bonds is 6. The van der Waals surface area contributed by atoms with E-state index in [2.05, 4.69) is 41.4 Å². The summed E-state index contributed by atoms with van der Waals surface area (Å²) in [5.41, 5.74) is 10.2. The second-order valence-electron chi connectivity index (χ2n) is 7.92. The third-order valence-electron chi connectivity index (χ3n) is 5.82. The van der Waals surface area contributed by atoms with Crippen LogP contribution in [0.2, 0.25) is 0 Å². The number of fused-ring (bicyclic) bond motifs is 1. The number of hydrazone groups is 1. The van der Waals surface area contributed by atoms with E-state index in [0.717, 1.165) is 24.3 Å². The van der Waals surface area contributed by atoms with Gasteiger partial charge in [0.2, 0.25) is 0 Å². The molecular formula is C26H27N3O3. The molecule has 0 bridgehead atoms. The molecule has 4 rings (SSSR count). The molecule has 6 heteroatoms. The zero-order valence-electron chi connectivity index (χ0n) is 18.8. The van der Waals surface area contributed by atoms with Crippen molar-refractivity contribution in [2.24, 2.45) is 5.10 Å². The van der Waals surface area contributed by atoms with Crippen molar-refractivity contribution in [3.05, 3.63) is 88.0 Å². The molecule has 1 N–H and O–H groups in total. The minimum Gasteiger partial charge on any atom is -0.497 e. The molecule has 0 saturated carbocycles. The number of nitrogens with one attached hydrogen (secondary N) is 1. The zero-order chi connectivity index (χ0) is 22.7. The summed E-state index contributed by atoms with van der Waals surface area (Å²) in [4.78, 5) is 15.0. The van der Waals surface area contributed by atoms with Crippen LogP contribution in [0.1, 0.15) is 38.2 Å². The molecule has 3 aromatic carbocycles. The smallest absolute Gasteiger partial charge is 0.271 e. The van der Waals surface area contributed by atoms with Crippen molar-refractivity contribution < 1.29 is 14.3 Å². The Bertz CT molecular complexity index is 1160. The maximum atomic E-state index is 12.7. The van der Waals surface area contributed by atoms with E-state index in [-0.39, 0.29) is 5.91 Å². The van der Waals surface area contributed by atoms with E-state index < -0.39 is 0 Å². The van der Waals surface area contributed by atoms with Gasteiger partial charge in [-0.3, -0.25) is 4.79 Å². The summed E-state index contributed by atoms with van der Waals surface area (Å²) in [5.74, 6) is 1.04. The summed E-state index contributed by atoms with van der Waals surface area (Å²) in [5, 5.41) is 4.10. The van der Waals surface area contributed by atoms with Crippen LogP contribution in [0, 0.1) is 13.8 Å². The second-order valence-corrected chi connectivity index (χ2v) is 7.92. The lowest BCUT2D eigenvalue weighted by molar-refractivity contribution is 0.0955. The fourth-order valence-electron chi connectivity index (χ4n) is 3.87. The largest absolute Gasteiger partial charge is 0.497 e. The Labute approximate surface area is 188 Å². The van der Waals surface area contributed by atoms with Crippen LogP contribution in [0.25, 0.3) is 0 Å². The van der Waals surface area contributed by atoms with Gasteiger partial charge in [-0.15, -0.1) is 0 Å². The van der Waals surface area contributed by atoms with E-state index in [1.807, 2.05) is 30.3 Å². The molecule has 0 aliphatic carbocycles. The first-order chi connectivity index (χ1) is 15.5. The molecule has 6 nitrogen and oxygen atoms in total. The van der Waals surface area contributed by atoms with Gasteiger partial charge >= 0.3 is 0 Å². The van der Waals surface area contributed by atoms with E-state index in [9.17, 15) is 4.79 Å². The van der Waals surface area contributed by atoms with Gasteiger partial charge < -0.3 is 14.4 Å². The lowest BCUT2D eigenvalue weighted by Crippen LogP contribution is -2.19. The molecule has 164 valence electrons. The lowest BCUT2D eigenvalue weighted by atomic mass is 10.0. The molecule has 0 spiro atoms. The van der Waals surface area contributed by atoms with Gasteiger partial charge in [-0.25, -0.2) is 5.43 Å². The first kappa shape index (κ1) is 21.4. The standard InChI is InChI=1S/C26H27N3O3/c1-17-10-21-15-29(16-22(21)11-18(17)2)23-7-5-6-19(12-23)26(30)28-27-14-20-8-9-24(31-3)13-25(20)32-4/h5-14H,15-16H2,1-4H3,(H,28,30)/b27-14-. The van der Waals surface area contributed by atoms with E-state index in [4.69, 9.17) is 9.47 Å². The van der Waals surface area contributed by atoms with Crippen LogP contribution in [0.5, 0.6) is 11.5 Å². The Kier molecular flexibility index (Phi) is 6.12. The number of hydrogen-bond acceptors (Lipinski definition) is 5. The summed E-state index contributed by atoms with van der Waals surface area (Å²) in [6, 6.07) is 17.6. The van der Waals surface area contributed by atoms with Crippen molar-refractivity contribution in [3.8, 4) is 11.5 Å². The number of hydrogen-bond donors (Lipinski definition) is 1. The molecule has 1 aliphatic rings. The molecule has 0 aromatic heterocycles. The van der Waals surface area contributed by atoms with Crippen LogP contribution >= 0.6 is 0 Å². The Morgan fingerprint density at radius 1 is 0.969 bits per heavy atom. The molecular weight excluding hydrogens is 402 g/mol. The highest BCUT2D eigenvalue weighted by atomic mass is 16.5. The zero-order valence-corrected chi connectivity index (χ0v) is 18.8. The first-order valence-corrected chi connectivity index (χ1v) is 10.5. The van der Waals surface area contributed by atoms with Crippen LogP contribution in [0.3, 0.4) is 0 Å². The molecule has 0 saturated heterocycles. The van der Waals surface area contributed by atoms with Crippen molar-refractivity contribution in [1.29, 1.82) is 0 Å². The third kappa shape index (κ3) is 4.44. The van der Waals surface area contributed by atoms with Crippen molar-refractivity contribution >= 4 is 17.8 Å². The van der Waals surface area contributed by atoms with Crippen LogP contribution in [-0.2, 0) is 13.1 Å². The molecule has 0 fully saturated rings. The van der Waals surface area contributed by atoms with Gasteiger partial charge in [0.25, 0.3) is 5.91 Å². The molecule has 3 aromatic rings. The Morgan fingerprint density at radius 2 is 1.69 bits per heavy atom. The summed E-state index contributed by atoms with van der Waals surface area (Å²) < 4.78 is 10.6. The van der Waals surface area contributed by atoms with Gasteiger partial charge in [0, 0.05) is 36.0 Å². The van der Waals surface area contributed by atoms with Gasteiger partial charge in [-0.05, 0) is 66.4 Å². The van der Waals surface area contributed by atoms with Crippen LogP contribution in [0.15, 0.2) is 59.7 Å². The van der Waals surface area contributed by atoms with E-state index >= 15 is 0 Å². The van der Waals surface area contributed by atoms with E-state index in [0.29, 0.717) is 17.1 Å². The summed E-state index contributed by atoms with van der Waals surface area (Å²) in [6.45, 7) is 5.98. The second kappa shape index (κ2) is 9.14. The SMILES string of the molecule is COc1ccc(/C=N\NC(=O)c2cccc(N3Cc4cc(C)c(C)cc4C3)c2)c(OC)c1. The number of carbonyl (C=O) groups excluding carboxylic acids is 1. The molecule has 32 heavy (non-hydrogen) atoms. The maximum Gasteiger partial charge on any atom is 0.271 e. The average molecular weight is 430 g/mol. The fourth-order valence-corrected chi connectivity index (χ4v) is 3.87. The molecule has 1 amide bonds. The minimum absolute atomic E-state index is 0.265.